The first kappa shape index (κ1) is 14.2. The maximum absolute atomic E-state index is 6.31. The first-order valence-corrected chi connectivity index (χ1v) is 9.16. The molecule has 1 rings (SSSR count). The molecule has 1 saturated heterocycles. The molecular weight excluding hydrogens is 218 g/mol. The second kappa shape index (κ2) is 5.17. The van der Waals surface area contributed by atoms with Crippen LogP contribution in [-0.2, 0) is 9.16 Å². The van der Waals surface area contributed by atoms with E-state index in [0.29, 0.717) is 13.2 Å². The van der Waals surface area contributed by atoms with Crippen molar-refractivity contribution in [3.63, 3.8) is 0 Å². The lowest BCUT2D eigenvalue weighted by atomic mass is 10.1. The summed E-state index contributed by atoms with van der Waals surface area (Å²) < 4.78 is 12.0. The number of hydrogen-bond donors (Lipinski definition) is 1. The van der Waals surface area contributed by atoms with Crippen molar-refractivity contribution in [2.24, 2.45) is 5.73 Å². The van der Waals surface area contributed by atoms with Gasteiger partial charge in [-0.15, -0.1) is 0 Å². The molecule has 0 radical (unpaired) electrons. The summed E-state index contributed by atoms with van der Waals surface area (Å²) >= 11 is 0. The molecule has 0 aliphatic carbocycles. The van der Waals surface area contributed by atoms with Crippen molar-refractivity contribution < 1.29 is 9.16 Å². The monoisotopic (exact) mass is 245 g/mol. The molecule has 3 nitrogen and oxygen atoms in total. The van der Waals surface area contributed by atoms with Crippen LogP contribution < -0.4 is 5.73 Å². The molecule has 0 spiro atoms. The van der Waals surface area contributed by atoms with Gasteiger partial charge in [-0.2, -0.15) is 0 Å². The van der Waals surface area contributed by atoms with Crippen molar-refractivity contribution in [1.29, 1.82) is 0 Å². The first-order valence-electron chi connectivity index (χ1n) is 6.26. The molecule has 2 N–H and O–H groups in total. The fourth-order valence-corrected chi connectivity index (χ4v) is 3.03. The fourth-order valence-electron chi connectivity index (χ4n) is 1.65. The van der Waals surface area contributed by atoms with Crippen molar-refractivity contribution >= 4 is 8.32 Å². The third-order valence-corrected chi connectivity index (χ3v) is 8.39. The molecule has 0 saturated carbocycles. The Kier molecular flexibility index (Phi) is 4.57. The number of ether oxygens (including phenoxy) is 1. The van der Waals surface area contributed by atoms with Crippen LogP contribution in [0, 0.1) is 0 Å². The van der Waals surface area contributed by atoms with Crippen LogP contribution in [0.15, 0.2) is 0 Å². The van der Waals surface area contributed by atoms with Crippen LogP contribution in [0.25, 0.3) is 0 Å². The fraction of sp³-hybridized carbons (Fsp3) is 1.00. The summed E-state index contributed by atoms with van der Waals surface area (Å²) in [4.78, 5) is 0. The predicted octanol–water partition coefficient (Wildman–Crippen LogP) is 2.51. The molecule has 1 aliphatic heterocycles. The second-order valence-electron chi connectivity index (χ2n) is 6.27. The van der Waals surface area contributed by atoms with Crippen molar-refractivity contribution in [2.45, 2.75) is 64.0 Å². The third-order valence-electron chi connectivity index (χ3n) is 3.86. The Morgan fingerprint density at radius 2 is 1.94 bits per heavy atom. The highest BCUT2D eigenvalue weighted by Gasteiger charge is 2.39. The smallest absolute Gasteiger partial charge is 0.192 e. The maximum Gasteiger partial charge on any atom is 0.192 e. The Labute approximate surface area is 101 Å². The van der Waals surface area contributed by atoms with E-state index in [9.17, 15) is 0 Å². The van der Waals surface area contributed by atoms with Crippen molar-refractivity contribution in [1.82, 2.24) is 0 Å². The summed E-state index contributed by atoms with van der Waals surface area (Å²) in [5, 5.41) is 0.276. The largest absolute Gasteiger partial charge is 0.412 e. The van der Waals surface area contributed by atoms with E-state index in [-0.39, 0.29) is 17.2 Å². The zero-order valence-corrected chi connectivity index (χ0v) is 12.4. The molecule has 96 valence electrons. The van der Waals surface area contributed by atoms with Gasteiger partial charge in [0.15, 0.2) is 8.32 Å². The normalized spacial score (nSPS) is 28.1. The molecule has 1 heterocycles. The van der Waals surface area contributed by atoms with Crippen LogP contribution in [0.4, 0.5) is 0 Å². The molecule has 0 aromatic carbocycles. The van der Waals surface area contributed by atoms with E-state index in [1.165, 1.54) is 0 Å². The van der Waals surface area contributed by atoms with Crippen LogP contribution in [0.3, 0.4) is 0 Å². The lowest BCUT2D eigenvalue weighted by Gasteiger charge is -2.41. The molecule has 0 unspecified atom stereocenters. The minimum absolute atomic E-state index is 0.249. The second-order valence-corrected chi connectivity index (χ2v) is 11.0. The van der Waals surface area contributed by atoms with E-state index < -0.39 is 8.32 Å². The number of nitrogens with two attached hydrogens (primary N) is 1. The van der Waals surface area contributed by atoms with Crippen LogP contribution in [-0.4, -0.2) is 33.7 Å². The van der Waals surface area contributed by atoms with E-state index in [0.717, 1.165) is 12.8 Å². The summed E-state index contributed by atoms with van der Waals surface area (Å²) in [6.45, 7) is 12.7. The topological polar surface area (TPSA) is 44.5 Å². The van der Waals surface area contributed by atoms with Gasteiger partial charge in [0, 0.05) is 6.54 Å². The van der Waals surface area contributed by atoms with E-state index in [1.807, 2.05) is 0 Å². The summed E-state index contributed by atoms with van der Waals surface area (Å²) in [7, 11) is -1.64. The molecule has 0 aromatic rings. The predicted molar refractivity (Wildman–Crippen MR) is 70.1 cm³/mol. The maximum atomic E-state index is 6.31. The third kappa shape index (κ3) is 3.55. The highest BCUT2D eigenvalue weighted by Crippen LogP contribution is 2.38. The average Bonchev–Trinajstić information content (AvgIpc) is 2.16. The van der Waals surface area contributed by atoms with E-state index in [2.05, 4.69) is 33.9 Å². The molecule has 16 heavy (non-hydrogen) atoms. The van der Waals surface area contributed by atoms with Crippen molar-refractivity contribution in [3.05, 3.63) is 0 Å². The Hall–Kier alpha value is 0.0969. The standard InChI is InChI=1S/C12H27NO2Si/c1-12(2,3)16(4,5)15-11-7-6-10(8-13)14-9-11/h10-11H,6-9,13H2,1-5H3/t10-,11+/m1/s1. The van der Waals surface area contributed by atoms with Crippen LogP contribution in [0.1, 0.15) is 33.6 Å². The minimum Gasteiger partial charge on any atom is -0.412 e. The average molecular weight is 245 g/mol. The molecule has 1 aliphatic rings. The van der Waals surface area contributed by atoms with Gasteiger partial charge in [0.2, 0.25) is 0 Å². The quantitative estimate of drug-likeness (QED) is 0.777. The Balaban J connectivity index is 2.45. The van der Waals surface area contributed by atoms with Gasteiger partial charge in [-0.05, 0) is 31.0 Å². The lowest BCUT2D eigenvalue weighted by molar-refractivity contribution is -0.0457. The molecule has 0 bridgehead atoms. The number of rotatable bonds is 3. The summed E-state index contributed by atoms with van der Waals surface area (Å²) in [6, 6.07) is 0. The van der Waals surface area contributed by atoms with Gasteiger partial charge >= 0.3 is 0 Å². The van der Waals surface area contributed by atoms with Gasteiger partial charge in [0.05, 0.1) is 18.8 Å². The van der Waals surface area contributed by atoms with Gasteiger partial charge in [-0.25, -0.2) is 0 Å². The Morgan fingerprint density at radius 3 is 2.31 bits per heavy atom. The Bertz CT molecular complexity index is 218. The highest BCUT2D eigenvalue weighted by molar-refractivity contribution is 6.74. The molecule has 0 aromatic heterocycles. The SMILES string of the molecule is CC(C)(C)[Si](C)(C)O[C@H]1CC[C@H](CN)OC1. The summed E-state index contributed by atoms with van der Waals surface area (Å²) in [5.74, 6) is 0. The molecule has 1 fully saturated rings. The highest BCUT2D eigenvalue weighted by atomic mass is 28.4. The summed E-state index contributed by atoms with van der Waals surface area (Å²) in [6.07, 6.45) is 2.66. The molecule has 0 amide bonds. The van der Waals surface area contributed by atoms with Crippen molar-refractivity contribution in [3.8, 4) is 0 Å². The van der Waals surface area contributed by atoms with E-state index >= 15 is 0 Å². The zero-order chi connectivity index (χ0) is 12.4. The minimum atomic E-state index is -1.64. The summed E-state index contributed by atoms with van der Waals surface area (Å²) in [5.41, 5.74) is 5.59. The molecular formula is C12H27NO2Si. The zero-order valence-electron chi connectivity index (χ0n) is 11.4. The van der Waals surface area contributed by atoms with Crippen molar-refractivity contribution in [2.75, 3.05) is 13.2 Å². The van der Waals surface area contributed by atoms with Crippen LogP contribution >= 0.6 is 0 Å². The van der Waals surface area contributed by atoms with Gasteiger partial charge in [0.1, 0.15) is 0 Å². The first-order chi connectivity index (χ1) is 7.26. The van der Waals surface area contributed by atoms with Gasteiger partial charge in [-0.1, -0.05) is 20.8 Å². The molecule has 2 atom stereocenters. The van der Waals surface area contributed by atoms with Gasteiger partial charge in [0.25, 0.3) is 0 Å². The Morgan fingerprint density at radius 1 is 1.31 bits per heavy atom. The molecule has 4 heteroatoms. The van der Waals surface area contributed by atoms with Gasteiger partial charge < -0.3 is 14.9 Å². The van der Waals surface area contributed by atoms with Crippen LogP contribution in [0.5, 0.6) is 0 Å². The van der Waals surface area contributed by atoms with Crippen LogP contribution in [0.2, 0.25) is 18.1 Å². The number of hydrogen-bond acceptors (Lipinski definition) is 3. The van der Waals surface area contributed by atoms with E-state index in [4.69, 9.17) is 14.9 Å². The van der Waals surface area contributed by atoms with Gasteiger partial charge in [-0.3, -0.25) is 0 Å². The van der Waals surface area contributed by atoms with E-state index in [1.54, 1.807) is 0 Å². The lowest BCUT2D eigenvalue weighted by Crippen LogP contribution is -2.47.